The van der Waals surface area contributed by atoms with E-state index in [1.54, 1.807) is 0 Å². The molecule has 3 nitrogen and oxygen atoms in total. The molecule has 0 spiro atoms. The number of pyridine rings is 1. The monoisotopic (exact) mass is 535 g/mol. The van der Waals surface area contributed by atoms with Crippen molar-refractivity contribution in [2.75, 3.05) is 0 Å². The lowest BCUT2D eigenvalue weighted by Gasteiger charge is -2.13. The number of nitrogens with zero attached hydrogens (tertiary/aromatic N) is 3. The molecule has 0 amide bonds. The molecule has 0 radical (unpaired) electrons. The molecule has 0 saturated heterocycles. The van der Waals surface area contributed by atoms with Crippen LogP contribution in [0.25, 0.3) is 77.1 Å². The van der Waals surface area contributed by atoms with Crippen molar-refractivity contribution >= 4 is 54.5 Å². The number of para-hydroxylation sites is 4. The molecule has 0 aliphatic rings. The van der Waals surface area contributed by atoms with E-state index >= 15 is 0 Å². The molecular weight excluding hydrogens is 510 g/mol. The van der Waals surface area contributed by atoms with E-state index in [0.29, 0.717) is 0 Å². The van der Waals surface area contributed by atoms with E-state index in [1.165, 1.54) is 43.7 Å². The number of aromatic nitrogens is 3. The quantitative estimate of drug-likeness (QED) is 0.221. The van der Waals surface area contributed by atoms with Gasteiger partial charge >= 0.3 is 0 Å². The minimum atomic E-state index is 0.917. The van der Waals surface area contributed by atoms with Gasteiger partial charge in [0, 0.05) is 32.6 Å². The first-order valence-electron chi connectivity index (χ1n) is 14.3. The van der Waals surface area contributed by atoms with Crippen LogP contribution >= 0.6 is 0 Å². The Morgan fingerprint density at radius 1 is 0.429 bits per heavy atom. The largest absolute Gasteiger partial charge is 0.309 e. The van der Waals surface area contributed by atoms with Crippen LogP contribution < -0.4 is 0 Å². The molecule has 6 aromatic carbocycles. The van der Waals surface area contributed by atoms with E-state index in [9.17, 15) is 0 Å². The molecule has 3 heterocycles. The zero-order valence-electron chi connectivity index (χ0n) is 22.8. The normalized spacial score (nSPS) is 11.8. The summed E-state index contributed by atoms with van der Waals surface area (Å²) in [6, 6.07) is 54.0. The van der Waals surface area contributed by atoms with Gasteiger partial charge in [0.05, 0.1) is 27.6 Å². The van der Waals surface area contributed by atoms with E-state index in [4.69, 9.17) is 4.98 Å². The molecule has 0 bridgehead atoms. The average Bonchev–Trinajstić information content (AvgIpc) is 3.58. The molecule has 3 heteroatoms. The van der Waals surface area contributed by atoms with Crippen LogP contribution in [0.4, 0.5) is 0 Å². The van der Waals surface area contributed by atoms with Crippen molar-refractivity contribution in [2.45, 2.75) is 0 Å². The molecule has 0 aliphatic carbocycles. The van der Waals surface area contributed by atoms with Crippen molar-refractivity contribution in [1.82, 2.24) is 14.1 Å². The lowest BCUT2D eigenvalue weighted by atomic mass is 10.0. The molecule has 196 valence electrons. The van der Waals surface area contributed by atoms with E-state index in [-0.39, 0.29) is 0 Å². The fourth-order valence-electron chi connectivity index (χ4n) is 6.73. The topological polar surface area (TPSA) is 22.8 Å². The number of fused-ring (bicyclic) bond motifs is 8. The Morgan fingerprint density at radius 3 is 1.83 bits per heavy atom. The smallest absolute Gasteiger partial charge is 0.138 e. The highest BCUT2D eigenvalue weighted by atomic mass is 15.1. The van der Waals surface area contributed by atoms with Crippen LogP contribution in [-0.4, -0.2) is 14.1 Å². The maximum absolute atomic E-state index is 5.26. The first-order chi connectivity index (χ1) is 20.9. The summed E-state index contributed by atoms with van der Waals surface area (Å²) in [5, 5.41) is 6.11. The lowest BCUT2D eigenvalue weighted by molar-refractivity contribution is 1.10. The molecule has 0 N–H and O–H groups in total. The number of hydrogen-bond acceptors (Lipinski definition) is 1. The minimum absolute atomic E-state index is 0.917. The van der Waals surface area contributed by atoms with E-state index < -0.39 is 0 Å². The molecule has 0 unspecified atom stereocenters. The summed E-state index contributed by atoms with van der Waals surface area (Å²) in [6.45, 7) is 0. The van der Waals surface area contributed by atoms with Crippen LogP contribution in [0.1, 0.15) is 0 Å². The maximum Gasteiger partial charge on any atom is 0.138 e. The third-order valence-electron chi connectivity index (χ3n) is 8.50. The summed E-state index contributed by atoms with van der Waals surface area (Å²) in [5.74, 6) is 0.917. The molecule has 0 atom stereocenters. The van der Waals surface area contributed by atoms with Gasteiger partial charge in [0.1, 0.15) is 5.82 Å². The van der Waals surface area contributed by atoms with Crippen LogP contribution in [0.2, 0.25) is 0 Å². The SMILES string of the molecule is c1ccc(-c2cc(-n3c4ccccc4c4c3ccc3c5ccccc5n(-c5ccccc5)c34)nc3ccccc23)cc1. The van der Waals surface area contributed by atoms with Gasteiger partial charge in [-0.3, -0.25) is 4.57 Å². The summed E-state index contributed by atoms with van der Waals surface area (Å²) in [4.78, 5) is 5.26. The summed E-state index contributed by atoms with van der Waals surface area (Å²) < 4.78 is 4.77. The fourth-order valence-corrected chi connectivity index (χ4v) is 6.73. The second kappa shape index (κ2) is 8.92. The first kappa shape index (κ1) is 23.1. The molecule has 0 saturated carbocycles. The second-order valence-electron chi connectivity index (χ2n) is 10.8. The van der Waals surface area contributed by atoms with Crippen LogP contribution in [-0.2, 0) is 0 Å². The Kier molecular flexibility index (Phi) is 4.90. The fraction of sp³-hybridized carbons (Fsp3) is 0. The number of hydrogen-bond donors (Lipinski definition) is 0. The van der Waals surface area contributed by atoms with Crippen molar-refractivity contribution in [3.63, 3.8) is 0 Å². The van der Waals surface area contributed by atoms with Gasteiger partial charge in [-0.15, -0.1) is 0 Å². The lowest BCUT2D eigenvalue weighted by Crippen LogP contribution is -1.99. The van der Waals surface area contributed by atoms with E-state index in [2.05, 4.69) is 161 Å². The average molecular weight is 536 g/mol. The Hall–Kier alpha value is -5.67. The van der Waals surface area contributed by atoms with Crippen LogP contribution in [0, 0.1) is 0 Å². The zero-order chi connectivity index (χ0) is 27.6. The Balaban J connectivity index is 1.46. The van der Waals surface area contributed by atoms with E-state index in [1.807, 2.05) is 0 Å². The van der Waals surface area contributed by atoms with Gasteiger partial charge in [0.2, 0.25) is 0 Å². The van der Waals surface area contributed by atoms with Gasteiger partial charge in [0.15, 0.2) is 0 Å². The highest BCUT2D eigenvalue weighted by Crippen LogP contribution is 2.42. The number of benzene rings is 6. The Labute approximate surface area is 242 Å². The van der Waals surface area contributed by atoms with Crippen LogP contribution in [0.5, 0.6) is 0 Å². The summed E-state index contributed by atoms with van der Waals surface area (Å²) >= 11 is 0. The summed E-state index contributed by atoms with van der Waals surface area (Å²) in [6.07, 6.45) is 0. The van der Waals surface area contributed by atoms with Crippen molar-refractivity contribution in [2.24, 2.45) is 0 Å². The second-order valence-corrected chi connectivity index (χ2v) is 10.8. The standard InChI is InChI=1S/C39H25N3/c1-3-13-26(14-4-1)32-25-37(40-33-20-10-7-17-28(32)33)42-35-22-12-9-19-31(35)38-36(42)24-23-30-29-18-8-11-21-34(29)41(39(30)38)27-15-5-2-6-16-27/h1-25H. The highest BCUT2D eigenvalue weighted by Gasteiger charge is 2.21. The van der Waals surface area contributed by atoms with Gasteiger partial charge < -0.3 is 4.57 Å². The minimum Gasteiger partial charge on any atom is -0.309 e. The molecule has 42 heavy (non-hydrogen) atoms. The van der Waals surface area contributed by atoms with Crippen molar-refractivity contribution in [1.29, 1.82) is 0 Å². The molecule has 0 fully saturated rings. The molecule has 9 rings (SSSR count). The van der Waals surface area contributed by atoms with E-state index in [0.717, 1.165) is 33.4 Å². The third kappa shape index (κ3) is 3.25. The third-order valence-corrected chi connectivity index (χ3v) is 8.50. The molecular formula is C39H25N3. The van der Waals surface area contributed by atoms with Crippen molar-refractivity contribution < 1.29 is 0 Å². The Bertz CT molecular complexity index is 2450. The maximum atomic E-state index is 5.26. The summed E-state index contributed by atoms with van der Waals surface area (Å²) in [7, 11) is 0. The predicted octanol–water partition coefficient (Wildman–Crippen LogP) is 10.1. The summed E-state index contributed by atoms with van der Waals surface area (Å²) in [5.41, 5.74) is 9.23. The van der Waals surface area contributed by atoms with Crippen molar-refractivity contribution in [3.8, 4) is 22.6 Å². The van der Waals surface area contributed by atoms with Gasteiger partial charge in [-0.05, 0) is 53.6 Å². The van der Waals surface area contributed by atoms with Crippen LogP contribution in [0.3, 0.4) is 0 Å². The van der Waals surface area contributed by atoms with Gasteiger partial charge in [-0.1, -0.05) is 109 Å². The molecule has 0 aliphatic heterocycles. The predicted molar refractivity (Wildman–Crippen MR) is 176 cm³/mol. The molecule has 9 aromatic rings. The van der Waals surface area contributed by atoms with Gasteiger partial charge in [-0.25, -0.2) is 4.98 Å². The zero-order valence-corrected chi connectivity index (χ0v) is 22.8. The van der Waals surface area contributed by atoms with Gasteiger partial charge in [-0.2, -0.15) is 0 Å². The highest BCUT2D eigenvalue weighted by molar-refractivity contribution is 6.26. The molecule has 3 aromatic heterocycles. The van der Waals surface area contributed by atoms with Crippen LogP contribution in [0.15, 0.2) is 152 Å². The van der Waals surface area contributed by atoms with Gasteiger partial charge in [0.25, 0.3) is 0 Å². The Morgan fingerprint density at radius 2 is 1.05 bits per heavy atom. The number of rotatable bonds is 3. The van der Waals surface area contributed by atoms with Crippen molar-refractivity contribution in [3.05, 3.63) is 152 Å². The first-order valence-corrected chi connectivity index (χ1v) is 14.3.